The van der Waals surface area contributed by atoms with Crippen molar-refractivity contribution in [3.63, 3.8) is 0 Å². The molecular weight excluding hydrogens is 388 g/mol. The van der Waals surface area contributed by atoms with Crippen LogP contribution in [-0.2, 0) is 0 Å². The first kappa shape index (κ1) is 17.6. The van der Waals surface area contributed by atoms with Crippen molar-refractivity contribution < 1.29 is 9.21 Å². The number of halogens is 1. The molecule has 0 spiro atoms. The quantitative estimate of drug-likeness (QED) is 0.490. The molecule has 1 aliphatic rings. The number of nitrogens with zero attached hydrogens (tertiary/aromatic N) is 4. The Balaban J connectivity index is 1.61. The molecular formula is C22H15ClN4O2. The van der Waals surface area contributed by atoms with Gasteiger partial charge in [-0.05, 0) is 35.9 Å². The van der Waals surface area contributed by atoms with Gasteiger partial charge in [0.1, 0.15) is 0 Å². The number of rotatable bonds is 3. The van der Waals surface area contributed by atoms with E-state index in [4.69, 9.17) is 16.0 Å². The van der Waals surface area contributed by atoms with E-state index in [1.807, 2.05) is 42.5 Å². The number of carbonyl (C=O) groups excluding carboxylic acids is 1. The lowest BCUT2D eigenvalue weighted by molar-refractivity contribution is 0.0679. The molecule has 1 amide bonds. The van der Waals surface area contributed by atoms with Crippen LogP contribution in [0.2, 0.25) is 5.02 Å². The molecule has 0 radical (unpaired) electrons. The summed E-state index contributed by atoms with van der Waals surface area (Å²) in [4.78, 5) is 22.0. The molecule has 2 aromatic carbocycles. The molecule has 6 nitrogen and oxygen atoms in total. The maximum atomic E-state index is 13.1. The monoisotopic (exact) mass is 402 g/mol. The van der Waals surface area contributed by atoms with Gasteiger partial charge in [0.05, 0.1) is 29.1 Å². The third-order valence-electron chi connectivity index (χ3n) is 4.92. The first-order valence-corrected chi connectivity index (χ1v) is 9.48. The minimum atomic E-state index is -0.321. The van der Waals surface area contributed by atoms with Crippen LogP contribution in [0.25, 0.3) is 11.0 Å². The van der Waals surface area contributed by atoms with Crippen molar-refractivity contribution in [1.82, 2.24) is 15.0 Å². The summed E-state index contributed by atoms with van der Waals surface area (Å²) in [6, 6.07) is 16.2. The average Bonchev–Trinajstić information content (AvgIpc) is 3.44. The highest BCUT2D eigenvalue weighted by atomic mass is 35.5. The summed E-state index contributed by atoms with van der Waals surface area (Å²) in [7, 11) is 0. The molecule has 4 aromatic rings. The summed E-state index contributed by atoms with van der Waals surface area (Å²) < 4.78 is 5.33. The first-order chi connectivity index (χ1) is 14.2. The summed E-state index contributed by atoms with van der Waals surface area (Å²) in [5.74, 6) is -0.0627. The highest BCUT2D eigenvalue weighted by molar-refractivity contribution is 6.30. The Morgan fingerprint density at radius 1 is 1.03 bits per heavy atom. The van der Waals surface area contributed by atoms with Gasteiger partial charge in [0, 0.05) is 29.4 Å². The minimum absolute atomic E-state index is 0.238. The predicted molar refractivity (Wildman–Crippen MR) is 110 cm³/mol. The van der Waals surface area contributed by atoms with Crippen molar-refractivity contribution in [3.05, 3.63) is 95.2 Å². The molecule has 0 saturated heterocycles. The molecule has 29 heavy (non-hydrogen) atoms. The zero-order valence-electron chi connectivity index (χ0n) is 15.2. The number of aromatic nitrogens is 2. The average molecular weight is 403 g/mol. The van der Waals surface area contributed by atoms with Crippen LogP contribution in [0.15, 0.2) is 82.8 Å². The van der Waals surface area contributed by atoms with Gasteiger partial charge >= 0.3 is 5.91 Å². The van der Waals surface area contributed by atoms with Crippen molar-refractivity contribution in [2.75, 3.05) is 0 Å². The van der Waals surface area contributed by atoms with Gasteiger partial charge < -0.3 is 4.42 Å². The van der Waals surface area contributed by atoms with Gasteiger partial charge in [0.2, 0.25) is 0 Å². The van der Waals surface area contributed by atoms with Crippen LogP contribution in [0.5, 0.6) is 0 Å². The summed E-state index contributed by atoms with van der Waals surface area (Å²) >= 11 is 6.02. The van der Waals surface area contributed by atoms with Crippen molar-refractivity contribution in [3.8, 4) is 0 Å². The Morgan fingerprint density at radius 3 is 2.66 bits per heavy atom. The van der Waals surface area contributed by atoms with E-state index < -0.39 is 0 Å². The van der Waals surface area contributed by atoms with Crippen LogP contribution >= 0.6 is 11.6 Å². The van der Waals surface area contributed by atoms with E-state index in [2.05, 4.69) is 15.1 Å². The first-order valence-electron chi connectivity index (χ1n) is 9.11. The van der Waals surface area contributed by atoms with Crippen molar-refractivity contribution >= 4 is 34.3 Å². The number of hydrogen-bond acceptors (Lipinski definition) is 5. The lowest BCUT2D eigenvalue weighted by Crippen LogP contribution is -2.27. The Labute approximate surface area is 171 Å². The summed E-state index contributed by atoms with van der Waals surface area (Å²) in [6.07, 6.45) is 5.33. The smallest absolute Gasteiger partial charge is 0.310 e. The van der Waals surface area contributed by atoms with Crippen molar-refractivity contribution in [1.29, 1.82) is 0 Å². The predicted octanol–water partition coefficient (Wildman–Crippen LogP) is 4.87. The number of benzene rings is 2. The third-order valence-corrected chi connectivity index (χ3v) is 5.17. The number of furan rings is 1. The maximum Gasteiger partial charge on any atom is 0.310 e. The van der Waals surface area contributed by atoms with Gasteiger partial charge in [0.25, 0.3) is 0 Å². The fourth-order valence-corrected chi connectivity index (χ4v) is 3.68. The Bertz CT molecular complexity index is 1210. The van der Waals surface area contributed by atoms with E-state index in [9.17, 15) is 4.79 Å². The molecule has 3 heterocycles. The lowest BCUT2D eigenvalue weighted by Gasteiger charge is -2.21. The van der Waals surface area contributed by atoms with E-state index in [0.29, 0.717) is 11.4 Å². The standard InChI is InChI=1S/C22H15ClN4O2/c23-15-8-6-14(7-9-15)18-13-19(27(26-18)22(28)20-5-2-12-29-20)16-3-1-4-17-21(16)25-11-10-24-17/h1-12,19H,13H2/t19-/m1/s1. The molecule has 1 atom stereocenters. The number of fused-ring (bicyclic) bond motifs is 1. The molecule has 1 aliphatic heterocycles. The lowest BCUT2D eigenvalue weighted by atomic mass is 9.97. The van der Waals surface area contributed by atoms with Gasteiger partial charge in [-0.2, -0.15) is 5.10 Å². The zero-order chi connectivity index (χ0) is 19.8. The van der Waals surface area contributed by atoms with Gasteiger partial charge in [0.15, 0.2) is 5.76 Å². The number of amides is 1. The molecule has 0 saturated carbocycles. The van der Waals surface area contributed by atoms with Crippen LogP contribution in [0.3, 0.4) is 0 Å². The SMILES string of the molecule is O=C(c1ccco1)N1N=C(c2ccc(Cl)cc2)C[C@@H]1c1cccc2nccnc12. The number of para-hydroxylation sites is 1. The van der Waals surface area contributed by atoms with Crippen LogP contribution in [-0.4, -0.2) is 26.6 Å². The topological polar surface area (TPSA) is 71.6 Å². The van der Waals surface area contributed by atoms with Crippen molar-refractivity contribution in [2.24, 2.45) is 5.10 Å². The van der Waals surface area contributed by atoms with E-state index in [1.165, 1.54) is 11.3 Å². The number of hydrazone groups is 1. The molecule has 0 unspecified atom stereocenters. The van der Waals surface area contributed by atoms with Crippen LogP contribution in [0, 0.1) is 0 Å². The van der Waals surface area contributed by atoms with E-state index >= 15 is 0 Å². The zero-order valence-corrected chi connectivity index (χ0v) is 16.0. The highest BCUT2D eigenvalue weighted by Crippen LogP contribution is 2.36. The third kappa shape index (κ3) is 3.17. The van der Waals surface area contributed by atoms with E-state index in [0.717, 1.165) is 27.9 Å². The Morgan fingerprint density at radius 2 is 1.86 bits per heavy atom. The minimum Gasteiger partial charge on any atom is -0.459 e. The normalized spacial score (nSPS) is 16.2. The molecule has 0 fully saturated rings. The molecule has 5 rings (SSSR count). The van der Waals surface area contributed by atoms with Crippen LogP contribution in [0.4, 0.5) is 0 Å². The largest absolute Gasteiger partial charge is 0.459 e. The highest BCUT2D eigenvalue weighted by Gasteiger charge is 2.35. The summed E-state index contributed by atoms with van der Waals surface area (Å²) in [5, 5.41) is 6.79. The second-order valence-electron chi connectivity index (χ2n) is 6.67. The van der Waals surface area contributed by atoms with Crippen molar-refractivity contribution in [2.45, 2.75) is 12.5 Å². The fraction of sp³-hybridized carbons (Fsp3) is 0.0909. The van der Waals surface area contributed by atoms with Gasteiger partial charge in [-0.25, -0.2) is 5.01 Å². The Kier molecular flexibility index (Phi) is 4.33. The molecule has 0 bridgehead atoms. The molecule has 0 aliphatic carbocycles. The maximum absolute atomic E-state index is 13.1. The fourth-order valence-electron chi connectivity index (χ4n) is 3.55. The Hall–Kier alpha value is -3.51. The van der Waals surface area contributed by atoms with Gasteiger partial charge in [-0.1, -0.05) is 35.9 Å². The molecule has 7 heteroatoms. The van der Waals surface area contributed by atoms with Crippen LogP contribution < -0.4 is 0 Å². The molecule has 142 valence electrons. The van der Waals surface area contributed by atoms with Crippen LogP contribution in [0.1, 0.15) is 34.1 Å². The van der Waals surface area contributed by atoms with E-state index in [-0.39, 0.29) is 17.7 Å². The second kappa shape index (κ2) is 7.14. The van der Waals surface area contributed by atoms with Gasteiger partial charge in [-0.3, -0.25) is 14.8 Å². The summed E-state index contributed by atoms with van der Waals surface area (Å²) in [5.41, 5.74) is 4.14. The molecule has 2 aromatic heterocycles. The number of carbonyl (C=O) groups is 1. The van der Waals surface area contributed by atoms with Gasteiger partial charge in [-0.15, -0.1) is 0 Å². The second-order valence-corrected chi connectivity index (χ2v) is 7.11. The summed E-state index contributed by atoms with van der Waals surface area (Å²) in [6.45, 7) is 0. The van der Waals surface area contributed by atoms with E-state index in [1.54, 1.807) is 24.5 Å². The number of hydrogen-bond donors (Lipinski definition) is 0. The molecule has 0 N–H and O–H groups in total.